The highest BCUT2D eigenvalue weighted by Crippen LogP contribution is 2.24. The van der Waals surface area contributed by atoms with E-state index in [1.807, 2.05) is 12.1 Å². The summed E-state index contributed by atoms with van der Waals surface area (Å²) in [7, 11) is 0. The van der Waals surface area contributed by atoms with Gasteiger partial charge in [0, 0.05) is 6.20 Å². The summed E-state index contributed by atoms with van der Waals surface area (Å²) < 4.78 is 5.22. The van der Waals surface area contributed by atoms with E-state index in [0.717, 1.165) is 24.8 Å². The lowest BCUT2D eigenvalue weighted by atomic mass is 10.0. The van der Waals surface area contributed by atoms with Gasteiger partial charge < -0.3 is 10.1 Å². The molecule has 1 heterocycles. The molecule has 3 rings (SSSR count). The fourth-order valence-corrected chi connectivity index (χ4v) is 3.35. The van der Waals surface area contributed by atoms with Crippen molar-refractivity contribution in [1.29, 1.82) is 0 Å². The first-order chi connectivity index (χ1) is 12.4. The maximum Gasteiger partial charge on any atom is 0.311 e. The molecule has 1 N–H and O–H groups in total. The van der Waals surface area contributed by atoms with Crippen molar-refractivity contribution in [3.05, 3.63) is 57.2 Å². The first-order valence-corrected chi connectivity index (χ1v) is 9.10. The first kappa shape index (κ1) is 18.7. The van der Waals surface area contributed by atoms with Gasteiger partial charge in [-0.2, -0.15) is 0 Å². The van der Waals surface area contributed by atoms with E-state index >= 15 is 0 Å². The third-order valence-electron chi connectivity index (χ3n) is 4.24. The van der Waals surface area contributed by atoms with Gasteiger partial charge in [0.25, 0.3) is 5.91 Å². The molecule has 0 radical (unpaired) electrons. The van der Waals surface area contributed by atoms with Crippen LogP contribution >= 0.6 is 23.2 Å². The Bertz CT molecular complexity index is 855. The average molecular weight is 393 g/mol. The van der Waals surface area contributed by atoms with Gasteiger partial charge in [-0.1, -0.05) is 41.4 Å². The number of benzene rings is 1. The summed E-state index contributed by atoms with van der Waals surface area (Å²) in [5.74, 6) is -0.799. The van der Waals surface area contributed by atoms with Crippen molar-refractivity contribution in [2.75, 3.05) is 5.32 Å². The van der Waals surface area contributed by atoms with Crippen molar-refractivity contribution in [1.82, 2.24) is 4.98 Å². The third kappa shape index (κ3) is 4.54. The minimum absolute atomic E-state index is 0.130. The SMILES string of the molecule is C[C@@H](OC(=O)Cc1ccc2c(c1)CCC2)C(=O)Nc1ncc(Cl)cc1Cl. The molecular weight excluding hydrogens is 375 g/mol. The van der Waals surface area contributed by atoms with Gasteiger partial charge in [0.15, 0.2) is 11.9 Å². The monoisotopic (exact) mass is 392 g/mol. The molecule has 0 unspecified atom stereocenters. The molecule has 2 aromatic rings. The summed E-state index contributed by atoms with van der Waals surface area (Å²) in [4.78, 5) is 28.2. The number of ether oxygens (including phenoxy) is 1. The van der Waals surface area contributed by atoms with E-state index in [0.29, 0.717) is 5.02 Å². The summed E-state index contributed by atoms with van der Waals surface area (Å²) in [6, 6.07) is 7.52. The van der Waals surface area contributed by atoms with E-state index in [1.165, 1.54) is 30.3 Å². The zero-order valence-corrected chi connectivity index (χ0v) is 15.7. The molecule has 0 saturated carbocycles. The summed E-state index contributed by atoms with van der Waals surface area (Å²) in [6.07, 6.45) is 3.83. The Morgan fingerprint density at radius 2 is 2.00 bits per heavy atom. The lowest BCUT2D eigenvalue weighted by molar-refractivity contribution is -0.152. The smallest absolute Gasteiger partial charge is 0.311 e. The molecule has 0 bridgehead atoms. The number of hydrogen-bond donors (Lipinski definition) is 1. The number of hydrogen-bond acceptors (Lipinski definition) is 4. The van der Waals surface area contributed by atoms with Crippen LogP contribution in [0.25, 0.3) is 0 Å². The number of aromatic nitrogens is 1. The number of esters is 1. The van der Waals surface area contributed by atoms with Crippen LogP contribution < -0.4 is 5.32 Å². The van der Waals surface area contributed by atoms with Crippen molar-refractivity contribution in [3.63, 3.8) is 0 Å². The molecule has 1 aromatic heterocycles. The molecule has 0 saturated heterocycles. The van der Waals surface area contributed by atoms with E-state index in [1.54, 1.807) is 0 Å². The maximum absolute atomic E-state index is 12.2. The Balaban J connectivity index is 1.55. The van der Waals surface area contributed by atoms with Gasteiger partial charge in [0.2, 0.25) is 0 Å². The fraction of sp³-hybridized carbons (Fsp3) is 0.316. The summed E-state index contributed by atoms with van der Waals surface area (Å²) in [5.41, 5.74) is 3.54. The Morgan fingerprint density at radius 3 is 2.77 bits per heavy atom. The lowest BCUT2D eigenvalue weighted by Gasteiger charge is -2.14. The third-order valence-corrected chi connectivity index (χ3v) is 4.73. The Hall–Kier alpha value is -2.11. The van der Waals surface area contributed by atoms with Crippen molar-refractivity contribution in [3.8, 4) is 0 Å². The normalized spacial score (nSPS) is 13.8. The summed E-state index contributed by atoms with van der Waals surface area (Å²) in [5, 5.41) is 3.10. The first-order valence-electron chi connectivity index (χ1n) is 8.34. The minimum Gasteiger partial charge on any atom is -0.452 e. The largest absolute Gasteiger partial charge is 0.452 e. The topological polar surface area (TPSA) is 68.3 Å². The minimum atomic E-state index is -0.967. The highest BCUT2D eigenvalue weighted by Gasteiger charge is 2.20. The van der Waals surface area contributed by atoms with Crippen LogP contribution in [0, 0.1) is 0 Å². The number of amides is 1. The number of nitrogens with one attached hydrogen (secondary N) is 1. The highest BCUT2D eigenvalue weighted by atomic mass is 35.5. The number of carbonyl (C=O) groups excluding carboxylic acids is 2. The molecule has 0 fully saturated rings. The number of anilines is 1. The van der Waals surface area contributed by atoms with Gasteiger partial charge in [-0.05, 0) is 48.9 Å². The predicted molar refractivity (Wildman–Crippen MR) is 101 cm³/mol. The number of rotatable bonds is 5. The number of nitrogens with zero attached hydrogens (tertiary/aromatic N) is 1. The predicted octanol–water partition coefficient (Wildman–Crippen LogP) is 3.99. The van der Waals surface area contributed by atoms with Crippen LogP contribution in [-0.2, 0) is 33.6 Å². The Morgan fingerprint density at radius 1 is 1.23 bits per heavy atom. The molecule has 5 nitrogen and oxygen atoms in total. The Labute approximate surface area is 161 Å². The zero-order chi connectivity index (χ0) is 18.7. The molecular formula is C19H18Cl2N2O3. The van der Waals surface area contributed by atoms with Crippen molar-refractivity contribution < 1.29 is 14.3 Å². The number of pyridine rings is 1. The zero-order valence-electron chi connectivity index (χ0n) is 14.2. The number of carbonyl (C=O) groups is 2. The van der Waals surface area contributed by atoms with Gasteiger partial charge in [-0.3, -0.25) is 9.59 Å². The molecule has 0 aliphatic heterocycles. The van der Waals surface area contributed by atoms with Crippen LogP contribution in [0.15, 0.2) is 30.5 Å². The van der Waals surface area contributed by atoms with Crippen LogP contribution in [0.1, 0.15) is 30.0 Å². The second-order valence-corrected chi connectivity index (χ2v) is 7.08. The second-order valence-electron chi connectivity index (χ2n) is 6.24. The fourth-order valence-electron chi connectivity index (χ4n) is 2.92. The lowest BCUT2D eigenvalue weighted by Crippen LogP contribution is -2.30. The van der Waals surface area contributed by atoms with E-state index in [9.17, 15) is 9.59 Å². The van der Waals surface area contributed by atoms with Gasteiger partial charge in [-0.15, -0.1) is 0 Å². The van der Waals surface area contributed by atoms with E-state index in [2.05, 4.69) is 16.4 Å². The molecule has 1 aliphatic rings. The van der Waals surface area contributed by atoms with Crippen molar-refractivity contribution in [2.45, 2.75) is 38.7 Å². The number of fused-ring (bicyclic) bond motifs is 1. The molecule has 26 heavy (non-hydrogen) atoms. The average Bonchev–Trinajstić information content (AvgIpc) is 3.04. The summed E-state index contributed by atoms with van der Waals surface area (Å²) in [6.45, 7) is 1.50. The molecule has 136 valence electrons. The molecule has 1 aromatic carbocycles. The van der Waals surface area contributed by atoms with Gasteiger partial charge in [0.1, 0.15) is 0 Å². The quantitative estimate of drug-likeness (QED) is 0.780. The molecule has 1 atom stereocenters. The van der Waals surface area contributed by atoms with Crippen molar-refractivity contribution >= 4 is 40.9 Å². The van der Waals surface area contributed by atoms with Crippen LogP contribution in [-0.4, -0.2) is 23.0 Å². The van der Waals surface area contributed by atoms with E-state index in [4.69, 9.17) is 27.9 Å². The number of aryl methyl sites for hydroxylation is 2. The second kappa shape index (κ2) is 8.06. The molecule has 1 aliphatic carbocycles. The van der Waals surface area contributed by atoms with E-state index < -0.39 is 18.0 Å². The van der Waals surface area contributed by atoms with Gasteiger partial charge in [0.05, 0.1) is 16.5 Å². The van der Waals surface area contributed by atoms with E-state index in [-0.39, 0.29) is 17.3 Å². The standard InChI is InChI=1S/C19H18Cl2N2O3/c1-11(19(25)23-18-16(21)9-15(20)10-22-18)26-17(24)8-12-5-6-13-3-2-4-14(13)7-12/h5-7,9-11H,2-4,8H2,1H3,(H,22,23,25)/t11-/m1/s1. The Kier molecular flexibility index (Phi) is 5.79. The van der Waals surface area contributed by atoms with Crippen LogP contribution in [0.5, 0.6) is 0 Å². The molecule has 7 heteroatoms. The molecule has 1 amide bonds. The number of halogens is 2. The molecule has 0 spiro atoms. The van der Waals surface area contributed by atoms with Crippen LogP contribution in [0.4, 0.5) is 5.82 Å². The maximum atomic E-state index is 12.2. The highest BCUT2D eigenvalue weighted by molar-refractivity contribution is 6.36. The van der Waals surface area contributed by atoms with Gasteiger partial charge in [-0.25, -0.2) is 4.98 Å². The van der Waals surface area contributed by atoms with Crippen LogP contribution in [0.2, 0.25) is 10.0 Å². The van der Waals surface area contributed by atoms with Gasteiger partial charge >= 0.3 is 5.97 Å². The van der Waals surface area contributed by atoms with Crippen molar-refractivity contribution in [2.24, 2.45) is 0 Å². The van der Waals surface area contributed by atoms with Crippen LogP contribution in [0.3, 0.4) is 0 Å². The summed E-state index contributed by atoms with van der Waals surface area (Å²) >= 11 is 11.7.